The van der Waals surface area contributed by atoms with Crippen LogP contribution in [0, 0.1) is 5.92 Å². The fraction of sp³-hybridized carbons (Fsp3) is 0.500. The van der Waals surface area contributed by atoms with Gasteiger partial charge in [0.15, 0.2) is 0 Å². The third kappa shape index (κ3) is 3.72. The topological polar surface area (TPSA) is 52.3 Å². The highest BCUT2D eigenvalue weighted by Crippen LogP contribution is 2.31. The standard InChI is InChI=1S/C14H20ClNO2/c1-9(8-13(16)14(17)18-3)10(2)11-6-4-5-7-12(11)15/h4-7,9-10,13H,8,16H2,1-3H3. The summed E-state index contributed by atoms with van der Waals surface area (Å²) in [5.74, 6) is 0.126. The van der Waals surface area contributed by atoms with Gasteiger partial charge in [0.25, 0.3) is 0 Å². The van der Waals surface area contributed by atoms with E-state index in [9.17, 15) is 4.79 Å². The lowest BCUT2D eigenvalue weighted by molar-refractivity contribution is -0.142. The van der Waals surface area contributed by atoms with Crippen molar-refractivity contribution >= 4 is 17.6 Å². The van der Waals surface area contributed by atoms with Crippen LogP contribution in [0.15, 0.2) is 24.3 Å². The fourth-order valence-corrected chi connectivity index (χ4v) is 2.31. The van der Waals surface area contributed by atoms with Crippen LogP contribution in [0.5, 0.6) is 0 Å². The Morgan fingerprint density at radius 3 is 2.56 bits per heavy atom. The molecule has 0 saturated heterocycles. The van der Waals surface area contributed by atoms with Crippen LogP contribution in [0.4, 0.5) is 0 Å². The molecule has 18 heavy (non-hydrogen) atoms. The number of benzene rings is 1. The average Bonchev–Trinajstić information content (AvgIpc) is 2.37. The molecule has 1 rings (SSSR count). The lowest BCUT2D eigenvalue weighted by Crippen LogP contribution is -2.34. The second-order valence-electron chi connectivity index (χ2n) is 4.65. The Morgan fingerprint density at radius 2 is 2.00 bits per heavy atom. The summed E-state index contributed by atoms with van der Waals surface area (Å²) in [6.45, 7) is 4.16. The zero-order chi connectivity index (χ0) is 13.7. The monoisotopic (exact) mass is 269 g/mol. The van der Waals surface area contributed by atoms with Gasteiger partial charge in [0.1, 0.15) is 6.04 Å². The average molecular weight is 270 g/mol. The van der Waals surface area contributed by atoms with E-state index in [2.05, 4.69) is 18.6 Å². The van der Waals surface area contributed by atoms with Gasteiger partial charge in [-0.25, -0.2) is 0 Å². The quantitative estimate of drug-likeness (QED) is 0.836. The second kappa shape index (κ2) is 6.76. The summed E-state index contributed by atoms with van der Waals surface area (Å²) < 4.78 is 4.63. The minimum Gasteiger partial charge on any atom is -0.468 e. The molecule has 0 fully saturated rings. The molecule has 3 atom stereocenters. The van der Waals surface area contributed by atoms with E-state index in [4.69, 9.17) is 17.3 Å². The van der Waals surface area contributed by atoms with E-state index in [1.165, 1.54) is 7.11 Å². The molecule has 0 aliphatic heterocycles. The molecule has 3 unspecified atom stereocenters. The summed E-state index contributed by atoms with van der Waals surface area (Å²) in [6.07, 6.45) is 0.582. The molecule has 0 bridgehead atoms. The van der Waals surface area contributed by atoms with Crippen LogP contribution >= 0.6 is 11.6 Å². The Labute approximate surface area is 113 Å². The molecule has 4 heteroatoms. The molecule has 0 amide bonds. The van der Waals surface area contributed by atoms with Gasteiger partial charge in [-0.1, -0.05) is 43.6 Å². The summed E-state index contributed by atoms with van der Waals surface area (Å²) in [4.78, 5) is 11.3. The largest absolute Gasteiger partial charge is 0.468 e. The molecular weight excluding hydrogens is 250 g/mol. The maximum Gasteiger partial charge on any atom is 0.322 e. The van der Waals surface area contributed by atoms with Crippen LogP contribution in [0.25, 0.3) is 0 Å². The van der Waals surface area contributed by atoms with E-state index in [1.54, 1.807) is 0 Å². The Bertz CT molecular complexity index is 409. The first-order valence-electron chi connectivity index (χ1n) is 6.05. The molecule has 0 aromatic heterocycles. The Balaban J connectivity index is 2.70. The van der Waals surface area contributed by atoms with Crippen LogP contribution in [0.2, 0.25) is 5.02 Å². The molecule has 0 heterocycles. The summed E-state index contributed by atoms with van der Waals surface area (Å²) in [7, 11) is 1.35. The van der Waals surface area contributed by atoms with Gasteiger partial charge in [-0.05, 0) is 29.9 Å². The molecule has 0 aliphatic carbocycles. The maximum atomic E-state index is 11.3. The van der Waals surface area contributed by atoms with Gasteiger partial charge in [-0.15, -0.1) is 0 Å². The fourth-order valence-electron chi connectivity index (χ4n) is 2.00. The van der Waals surface area contributed by atoms with Crippen LogP contribution in [0.1, 0.15) is 31.7 Å². The molecule has 0 aliphatic rings. The number of ether oxygens (including phenoxy) is 1. The number of methoxy groups -OCH3 is 1. The predicted octanol–water partition coefficient (Wildman–Crippen LogP) is 2.97. The third-order valence-electron chi connectivity index (χ3n) is 3.38. The molecule has 100 valence electrons. The molecule has 0 spiro atoms. The highest BCUT2D eigenvalue weighted by atomic mass is 35.5. The van der Waals surface area contributed by atoms with Crippen LogP contribution < -0.4 is 5.73 Å². The number of hydrogen-bond acceptors (Lipinski definition) is 3. The van der Waals surface area contributed by atoms with E-state index >= 15 is 0 Å². The van der Waals surface area contributed by atoms with Gasteiger partial charge in [-0.3, -0.25) is 4.79 Å². The van der Waals surface area contributed by atoms with Crippen molar-refractivity contribution in [2.75, 3.05) is 7.11 Å². The van der Waals surface area contributed by atoms with Gasteiger partial charge in [0.2, 0.25) is 0 Å². The number of carbonyl (C=O) groups is 1. The Morgan fingerprint density at radius 1 is 1.39 bits per heavy atom. The van der Waals surface area contributed by atoms with Crippen molar-refractivity contribution in [3.8, 4) is 0 Å². The number of carbonyl (C=O) groups excluding carboxylic acids is 1. The van der Waals surface area contributed by atoms with Crippen molar-refractivity contribution in [3.63, 3.8) is 0 Å². The third-order valence-corrected chi connectivity index (χ3v) is 3.72. The lowest BCUT2D eigenvalue weighted by atomic mass is 9.85. The molecular formula is C14H20ClNO2. The molecule has 0 saturated carbocycles. The van der Waals surface area contributed by atoms with Crippen molar-refractivity contribution in [1.29, 1.82) is 0 Å². The first kappa shape index (κ1) is 15.0. The Hall–Kier alpha value is -1.06. The normalized spacial score (nSPS) is 15.8. The van der Waals surface area contributed by atoms with Crippen molar-refractivity contribution in [1.82, 2.24) is 0 Å². The van der Waals surface area contributed by atoms with Gasteiger partial charge in [0, 0.05) is 5.02 Å². The SMILES string of the molecule is COC(=O)C(N)CC(C)C(C)c1ccccc1Cl. The van der Waals surface area contributed by atoms with Gasteiger partial charge in [-0.2, -0.15) is 0 Å². The van der Waals surface area contributed by atoms with E-state index in [-0.39, 0.29) is 17.8 Å². The Kier molecular flexibility index (Phi) is 5.63. The molecule has 0 radical (unpaired) electrons. The van der Waals surface area contributed by atoms with E-state index < -0.39 is 6.04 Å². The first-order chi connectivity index (χ1) is 8.47. The molecule has 1 aromatic rings. The highest BCUT2D eigenvalue weighted by Gasteiger charge is 2.22. The van der Waals surface area contributed by atoms with Crippen molar-refractivity contribution in [2.45, 2.75) is 32.2 Å². The zero-order valence-electron chi connectivity index (χ0n) is 11.0. The molecule has 1 aromatic carbocycles. The number of hydrogen-bond donors (Lipinski definition) is 1. The number of esters is 1. The van der Waals surface area contributed by atoms with Crippen LogP contribution in [-0.2, 0) is 9.53 Å². The predicted molar refractivity (Wildman–Crippen MR) is 73.6 cm³/mol. The second-order valence-corrected chi connectivity index (χ2v) is 5.06. The minimum absolute atomic E-state index is 0.245. The smallest absolute Gasteiger partial charge is 0.322 e. The first-order valence-corrected chi connectivity index (χ1v) is 6.43. The molecule has 2 N–H and O–H groups in total. The number of halogens is 1. The summed E-state index contributed by atoms with van der Waals surface area (Å²) in [5.41, 5.74) is 6.86. The maximum absolute atomic E-state index is 11.3. The molecule has 3 nitrogen and oxygen atoms in total. The summed E-state index contributed by atoms with van der Waals surface area (Å²) >= 11 is 6.17. The van der Waals surface area contributed by atoms with Gasteiger partial charge in [0.05, 0.1) is 7.11 Å². The van der Waals surface area contributed by atoms with Crippen molar-refractivity contribution in [2.24, 2.45) is 11.7 Å². The highest BCUT2D eigenvalue weighted by molar-refractivity contribution is 6.31. The van der Waals surface area contributed by atoms with Crippen molar-refractivity contribution in [3.05, 3.63) is 34.9 Å². The summed E-state index contributed by atoms with van der Waals surface area (Å²) in [6, 6.07) is 7.18. The summed E-state index contributed by atoms with van der Waals surface area (Å²) in [5, 5.41) is 0.753. The van der Waals surface area contributed by atoms with Crippen molar-refractivity contribution < 1.29 is 9.53 Å². The van der Waals surface area contributed by atoms with E-state index in [0.717, 1.165) is 10.6 Å². The zero-order valence-corrected chi connectivity index (χ0v) is 11.8. The number of rotatable bonds is 5. The van der Waals surface area contributed by atoms with Crippen LogP contribution in [0.3, 0.4) is 0 Å². The minimum atomic E-state index is -0.574. The van der Waals surface area contributed by atoms with Gasteiger partial charge < -0.3 is 10.5 Å². The lowest BCUT2D eigenvalue weighted by Gasteiger charge is -2.23. The number of nitrogens with two attached hydrogens (primary N) is 1. The van der Waals surface area contributed by atoms with E-state index in [0.29, 0.717) is 6.42 Å². The van der Waals surface area contributed by atoms with E-state index in [1.807, 2.05) is 24.3 Å². The van der Waals surface area contributed by atoms with Gasteiger partial charge >= 0.3 is 5.97 Å². The van der Waals surface area contributed by atoms with Crippen LogP contribution in [-0.4, -0.2) is 19.1 Å².